The molecular weight excluding hydrogens is 226 g/mol. The SMILES string of the molecule is CCCNC(C)C1CCN(S(N)(=O)=O)CC1. The monoisotopic (exact) mass is 249 g/mol. The maximum Gasteiger partial charge on any atom is 0.276 e. The minimum absolute atomic E-state index is 0.461. The number of nitrogens with zero attached hydrogens (tertiary/aromatic N) is 1. The van der Waals surface area contributed by atoms with Gasteiger partial charge in [0.05, 0.1) is 0 Å². The van der Waals surface area contributed by atoms with Gasteiger partial charge in [0, 0.05) is 19.1 Å². The molecule has 1 aliphatic heterocycles. The molecule has 1 rings (SSSR count). The van der Waals surface area contributed by atoms with Crippen LogP contribution < -0.4 is 10.5 Å². The van der Waals surface area contributed by atoms with Gasteiger partial charge in [-0.3, -0.25) is 0 Å². The molecule has 0 bridgehead atoms. The van der Waals surface area contributed by atoms with Crippen LogP contribution in [0.3, 0.4) is 0 Å². The summed E-state index contributed by atoms with van der Waals surface area (Å²) in [7, 11) is -3.48. The molecule has 0 aromatic rings. The lowest BCUT2D eigenvalue weighted by Crippen LogP contribution is -2.46. The normalized spacial score (nSPS) is 22.2. The molecule has 1 saturated heterocycles. The van der Waals surface area contributed by atoms with E-state index in [0.29, 0.717) is 25.0 Å². The average Bonchev–Trinajstić information content (AvgIpc) is 2.25. The van der Waals surface area contributed by atoms with Gasteiger partial charge in [-0.25, -0.2) is 5.14 Å². The highest BCUT2D eigenvalue weighted by Gasteiger charge is 2.27. The van der Waals surface area contributed by atoms with Crippen molar-refractivity contribution in [3.63, 3.8) is 0 Å². The summed E-state index contributed by atoms with van der Waals surface area (Å²) in [6.07, 6.45) is 2.92. The molecule has 1 heterocycles. The van der Waals surface area contributed by atoms with Crippen LogP contribution in [0.2, 0.25) is 0 Å². The maximum absolute atomic E-state index is 11.1. The number of rotatable bonds is 5. The molecule has 5 nitrogen and oxygen atoms in total. The second-order valence-electron chi connectivity index (χ2n) is 4.52. The van der Waals surface area contributed by atoms with Crippen LogP contribution in [0.1, 0.15) is 33.1 Å². The van der Waals surface area contributed by atoms with Gasteiger partial charge in [0.1, 0.15) is 0 Å². The van der Waals surface area contributed by atoms with Crippen molar-refractivity contribution in [2.75, 3.05) is 19.6 Å². The van der Waals surface area contributed by atoms with E-state index in [4.69, 9.17) is 5.14 Å². The third kappa shape index (κ3) is 4.01. The summed E-state index contributed by atoms with van der Waals surface area (Å²) in [5, 5.41) is 8.55. The van der Waals surface area contributed by atoms with E-state index in [1.165, 1.54) is 4.31 Å². The Morgan fingerprint density at radius 1 is 1.44 bits per heavy atom. The zero-order valence-corrected chi connectivity index (χ0v) is 11.0. The molecule has 1 fully saturated rings. The quantitative estimate of drug-likeness (QED) is 0.735. The van der Waals surface area contributed by atoms with Gasteiger partial charge in [-0.05, 0) is 38.6 Å². The van der Waals surface area contributed by atoms with Crippen LogP contribution in [0.15, 0.2) is 0 Å². The fourth-order valence-electron chi connectivity index (χ4n) is 2.17. The fourth-order valence-corrected chi connectivity index (χ4v) is 2.89. The van der Waals surface area contributed by atoms with Crippen molar-refractivity contribution in [2.24, 2.45) is 11.1 Å². The van der Waals surface area contributed by atoms with E-state index < -0.39 is 10.2 Å². The highest BCUT2D eigenvalue weighted by Crippen LogP contribution is 2.21. The topological polar surface area (TPSA) is 75.4 Å². The molecule has 16 heavy (non-hydrogen) atoms. The van der Waals surface area contributed by atoms with Crippen molar-refractivity contribution < 1.29 is 8.42 Å². The van der Waals surface area contributed by atoms with Crippen LogP contribution in [0, 0.1) is 5.92 Å². The Morgan fingerprint density at radius 2 is 2.00 bits per heavy atom. The summed E-state index contributed by atoms with van der Waals surface area (Å²) in [5.41, 5.74) is 0. The molecule has 1 aliphatic rings. The number of piperidine rings is 1. The van der Waals surface area contributed by atoms with Crippen LogP contribution >= 0.6 is 0 Å². The number of nitrogens with one attached hydrogen (secondary N) is 1. The first-order valence-electron chi connectivity index (χ1n) is 5.96. The lowest BCUT2D eigenvalue weighted by Gasteiger charge is -2.33. The zero-order valence-electron chi connectivity index (χ0n) is 10.1. The molecule has 96 valence electrons. The smallest absolute Gasteiger partial charge is 0.276 e. The Bertz CT molecular complexity index is 297. The van der Waals surface area contributed by atoms with Gasteiger partial charge in [-0.1, -0.05) is 6.92 Å². The first-order valence-corrected chi connectivity index (χ1v) is 7.46. The van der Waals surface area contributed by atoms with E-state index in [-0.39, 0.29) is 0 Å². The maximum atomic E-state index is 11.1. The largest absolute Gasteiger partial charge is 0.314 e. The molecule has 0 amide bonds. The third-order valence-corrected chi connectivity index (χ3v) is 4.37. The highest BCUT2D eigenvalue weighted by molar-refractivity contribution is 7.86. The van der Waals surface area contributed by atoms with Crippen molar-refractivity contribution in [3.05, 3.63) is 0 Å². The molecule has 0 aliphatic carbocycles. The van der Waals surface area contributed by atoms with Crippen molar-refractivity contribution in [1.29, 1.82) is 0 Å². The molecule has 1 atom stereocenters. The second-order valence-corrected chi connectivity index (χ2v) is 6.07. The second kappa shape index (κ2) is 5.95. The van der Waals surface area contributed by atoms with Crippen LogP contribution in [0.25, 0.3) is 0 Å². The summed E-state index contributed by atoms with van der Waals surface area (Å²) >= 11 is 0. The molecule has 0 aromatic heterocycles. The number of hydrogen-bond donors (Lipinski definition) is 2. The van der Waals surface area contributed by atoms with E-state index in [2.05, 4.69) is 19.2 Å². The standard InChI is InChI=1S/C10H23N3O2S/c1-3-6-12-9(2)10-4-7-13(8-5-10)16(11,14)15/h9-10,12H,3-8H2,1-2H3,(H2,11,14,15). The Balaban J connectivity index is 2.37. The molecule has 6 heteroatoms. The van der Waals surface area contributed by atoms with Gasteiger partial charge in [-0.2, -0.15) is 12.7 Å². The Labute approximate surface area is 98.6 Å². The Morgan fingerprint density at radius 3 is 2.44 bits per heavy atom. The van der Waals surface area contributed by atoms with Crippen molar-refractivity contribution in [1.82, 2.24) is 9.62 Å². The molecule has 0 spiro atoms. The predicted octanol–water partition coefficient (Wildman–Crippen LogP) is 0.290. The molecular formula is C10H23N3O2S. The van der Waals surface area contributed by atoms with Crippen LogP contribution in [-0.2, 0) is 10.2 Å². The van der Waals surface area contributed by atoms with Crippen LogP contribution in [0.4, 0.5) is 0 Å². The third-order valence-electron chi connectivity index (χ3n) is 3.28. The zero-order chi connectivity index (χ0) is 12.2. The van der Waals surface area contributed by atoms with E-state index in [0.717, 1.165) is 25.8 Å². The number of nitrogens with two attached hydrogens (primary N) is 1. The number of hydrogen-bond acceptors (Lipinski definition) is 3. The Hall–Kier alpha value is -0.170. The van der Waals surface area contributed by atoms with E-state index in [1.807, 2.05) is 0 Å². The van der Waals surface area contributed by atoms with Gasteiger partial charge >= 0.3 is 0 Å². The van der Waals surface area contributed by atoms with Gasteiger partial charge in [0.2, 0.25) is 0 Å². The first kappa shape index (κ1) is 13.9. The van der Waals surface area contributed by atoms with Gasteiger partial charge < -0.3 is 5.32 Å². The summed E-state index contributed by atoms with van der Waals surface area (Å²) in [6.45, 7) is 6.45. The predicted molar refractivity (Wildman–Crippen MR) is 65.2 cm³/mol. The van der Waals surface area contributed by atoms with E-state index in [9.17, 15) is 8.42 Å². The lowest BCUT2D eigenvalue weighted by molar-refractivity contribution is 0.231. The Kier molecular flexibility index (Phi) is 5.17. The average molecular weight is 249 g/mol. The van der Waals surface area contributed by atoms with Gasteiger partial charge in [0.25, 0.3) is 10.2 Å². The first-order chi connectivity index (χ1) is 7.45. The van der Waals surface area contributed by atoms with Crippen molar-refractivity contribution >= 4 is 10.2 Å². The molecule has 3 N–H and O–H groups in total. The van der Waals surface area contributed by atoms with Crippen LogP contribution in [0.5, 0.6) is 0 Å². The summed E-state index contributed by atoms with van der Waals surface area (Å²) in [6, 6.07) is 0.461. The molecule has 1 unspecified atom stereocenters. The summed E-state index contributed by atoms with van der Waals surface area (Å²) in [4.78, 5) is 0. The fraction of sp³-hybridized carbons (Fsp3) is 1.00. The molecule has 0 aromatic carbocycles. The molecule has 0 saturated carbocycles. The summed E-state index contributed by atoms with van der Waals surface area (Å²) in [5.74, 6) is 0.560. The van der Waals surface area contributed by atoms with E-state index in [1.54, 1.807) is 0 Å². The minimum Gasteiger partial charge on any atom is -0.314 e. The van der Waals surface area contributed by atoms with Gasteiger partial charge in [0.15, 0.2) is 0 Å². The van der Waals surface area contributed by atoms with Crippen LogP contribution in [-0.4, -0.2) is 38.4 Å². The van der Waals surface area contributed by atoms with E-state index >= 15 is 0 Å². The minimum atomic E-state index is -3.48. The lowest BCUT2D eigenvalue weighted by atomic mass is 9.91. The molecule has 0 radical (unpaired) electrons. The van der Waals surface area contributed by atoms with Crippen molar-refractivity contribution in [3.8, 4) is 0 Å². The highest BCUT2D eigenvalue weighted by atomic mass is 32.2. The van der Waals surface area contributed by atoms with Gasteiger partial charge in [-0.15, -0.1) is 0 Å². The van der Waals surface area contributed by atoms with Crippen molar-refractivity contribution in [2.45, 2.75) is 39.2 Å². The summed E-state index contributed by atoms with van der Waals surface area (Å²) < 4.78 is 23.6.